The Hall–Kier alpha value is -1.93. The second kappa shape index (κ2) is 8.18. The third-order valence-corrected chi connectivity index (χ3v) is 6.45. The monoisotopic (exact) mass is 393 g/mol. The number of nitrogens with one attached hydrogen (secondary N) is 1. The van der Waals surface area contributed by atoms with Gasteiger partial charge >= 0.3 is 0 Å². The summed E-state index contributed by atoms with van der Waals surface area (Å²) < 4.78 is 28.3. The van der Waals surface area contributed by atoms with Gasteiger partial charge in [0.05, 0.1) is 6.54 Å². The molecule has 0 aliphatic carbocycles. The molecule has 0 atom stereocenters. The van der Waals surface area contributed by atoms with Crippen LogP contribution in [0.3, 0.4) is 0 Å². The van der Waals surface area contributed by atoms with Crippen LogP contribution in [-0.2, 0) is 21.5 Å². The molecule has 1 heterocycles. The van der Waals surface area contributed by atoms with Gasteiger partial charge in [0.15, 0.2) is 0 Å². The molecule has 3 rings (SSSR count). The molecule has 0 aromatic heterocycles. The average Bonchev–Trinajstić information content (AvgIpc) is 2.61. The predicted octanol–water partition coefficient (Wildman–Crippen LogP) is 2.73. The number of rotatable bonds is 5. The van der Waals surface area contributed by atoms with Crippen LogP contribution in [0, 0.1) is 0 Å². The normalized spacial score (nSPS) is 17.7. The first-order valence-electron chi connectivity index (χ1n) is 8.30. The first-order chi connectivity index (χ1) is 12.5. The Kier molecular flexibility index (Phi) is 5.93. The van der Waals surface area contributed by atoms with E-state index in [1.807, 2.05) is 12.1 Å². The Morgan fingerprint density at radius 2 is 1.65 bits per heavy atom. The highest BCUT2D eigenvalue weighted by Crippen LogP contribution is 2.23. The Bertz CT molecular complexity index is 874. The largest absolute Gasteiger partial charge is 0.325 e. The zero-order valence-electron chi connectivity index (χ0n) is 14.1. The Morgan fingerprint density at radius 3 is 2.38 bits per heavy atom. The van der Waals surface area contributed by atoms with Crippen LogP contribution in [0.15, 0.2) is 54.6 Å². The molecule has 0 unspecified atom stereocenters. The highest BCUT2D eigenvalue weighted by atomic mass is 35.5. The zero-order chi connectivity index (χ0) is 18.6. The lowest BCUT2D eigenvalue weighted by Crippen LogP contribution is -2.51. The number of benzene rings is 2. The van der Waals surface area contributed by atoms with Gasteiger partial charge in [-0.25, -0.2) is 0 Å². The molecule has 26 heavy (non-hydrogen) atoms. The number of nitrogens with zero attached hydrogens (tertiary/aromatic N) is 2. The lowest BCUT2D eigenvalue weighted by atomic mass is 10.2. The minimum atomic E-state index is -3.72. The minimum Gasteiger partial charge on any atom is -0.325 e. The van der Waals surface area contributed by atoms with Crippen molar-refractivity contribution in [2.24, 2.45) is 0 Å². The first-order valence-corrected chi connectivity index (χ1v) is 10.1. The molecule has 138 valence electrons. The van der Waals surface area contributed by atoms with E-state index in [0.29, 0.717) is 30.2 Å². The van der Waals surface area contributed by atoms with E-state index in [4.69, 9.17) is 11.6 Å². The van der Waals surface area contributed by atoms with E-state index in [1.165, 1.54) is 8.61 Å². The highest BCUT2D eigenvalue weighted by Gasteiger charge is 2.34. The van der Waals surface area contributed by atoms with Gasteiger partial charge in [0.25, 0.3) is 10.2 Å². The second-order valence-corrected chi connectivity index (χ2v) is 8.37. The summed E-state index contributed by atoms with van der Waals surface area (Å²) in [4.78, 5) is 12.2. The maximum atomic E-state index is 12.8. The minimum absolute atomic E-state index is 0.193. The Morgan fingerprint density at radius 1 is 1.00 bits per heavy atom. The maximum absolute atomic E-state index is 12.8. The van der Waals surface area contributed by atoms with Crippen molar-refractivity contribution in [3.8, 4) is 0 Å². The standard InChI is InChI=1S/C18H20ClN3O3S/c19-17-10-5-4-7-15(17)13-21-11-6-12-22(26(21,24)25)14-18(23)20-16-8-2-1-3-9-16/h1-5,7-10H,6,11-14H2,(H,20,23). The van der Waals surface area contributed by atoms with Crippen molar-refractivity contribution in [3.63, 3.8) is 0 Å². The molecule has 1 N–H and O–H groups in total. The number of hydrogen-bond donors (Lipinski definition) is 1. The van der Waals surface area contributed by atoms with Crippen molar-refractivity contribution in [3.05, 3.63) is 65.2 Å². The van der Waals surface area contributed by atoms with Crippen molar-refractivity contribution in [2.75, 3.05) is 25.0 Å². The average molecular weight is 394 g/mol. The van der Waals surface area contributed by atoms with Gasteiger partial charge < -0.3 is 5.32 Å². The van der Waals surface area contributed by atoms with Gasteiger partial charge in [-0.2, -0.15) is 17.0 Å². The number of hydrogen-bond acceptors (Lipinski definition) is 3. The zero-order valence-corrected chi connectivity index (χ0v) is 15.7. The quantitative estimate of drug-likeness (QED) is 0.849. The topological polar surface area (TPSA) is 69.7 Å². The summed E-state index contributed by atoms with van der Waals surface area (Å²) in [5.41, 5.74) is 1.38. The molecule has 0 saturated carbocycles. The molecule has 2 aromatic carbocycles. The van der Waals surface area contributed by atoms with Crippen molar-refractivity contribution in [1.29, 1.82) is 0 Å². The van der Waals surface area contributed by atoms with Crippen molar-refractivity contribution in [2.45, 2.75) is 13.0 Å². The van der Waals surface area contributed by atoms with E-state index in [9.17, 15) is 13.2 Å². The van der Waals surface area contributed by atoms with Crippen LogP contribution in [0.2, 0.25) is 5.02 Å². The van der Waals surface area contributed by atoms with Crippen LogP contribution in [-0.4, -0.2) is 42.6 Å². The van der Waals surface area contributed by atoms with Crippen LogP contribution >= 0.6 is 11.6 Å². The van der Waals surface area contributed by atoms with Gasteiger partial charge in [-0.05, 0) is 30.2 Å². The predicted molar refractivity (Wildman–Crippen MR) is 102 cm³/mol. The summed E-state index contributed by atoms with van der Waals surface area (Å²) >= 11 is 6.15. The molecule has 6 nitrogen and oxygen atoms in total. The number of amides is 1. The van der Waals surface area contributed by atoms with Gasteiger partial charge in [-0.15, -0.1) is 0 Å². The van der Waals surface area contributed by atoms with Crippen LogP contribution in [0.4, 0.5) is 5.69 Å². The molecular formula is C18H20ClN3O3S. The van der Waals surface area contributed by atoms with Gasteiger partial charge in [-0.3, -0.25) is 4.79 Å². The Labute approximate surface area is 158 Å². The summed E-state index contributed by atoms with van der Waals surface area (Å²) in [6, 6.07) is 16.1. The van der Waals surface area contributed by atoms with E-state index in [1.54, 1.807) is 42.5 Å². The van der Waals surface area contributed by atoms with E-state index in [0.717, 1.165) is 5.56 Å². The number of carbonyl (C=O) groups is 1. The van der Waals surface area contributed by atoms with Crippen LogP contribution in [0.25, 0.3) is 0 Å². The summed E-state index contributed by atoms with van der Waals surface area (Å²) in [5.74, 6) is -0.362. The summed E-state index contributed by atoms with van der Waals surface area (Å²) in [5, 5.41) is 3.25. The third-order valence-electron chi connectivity index (χ3n) is 4.15. The van der Waals surface area contributed by atoms with Crippen molar-refractivity contribution >= 4 is 33.4 Å². The molecule has 2 aromatic rings. The molecule has 1 aliphatic heterocycles. The molecule has 8 heteroatoms. The van der Waals surface area contributed by atoms with Crippen LogP contribution in [0.1, 0.15) is 12.0 Å². The van der Waals surface area contributed by atoms with Crippen LogP contribution in [0.5, 0.6) is 0 Å². The van der Waals surface area contributed by atoms with E-state index < -0.39 is 10.2 Å². The van der Waals surface area contributed by atoms with Crippen molar-refractivity contribution < 1.29 is 13.2 Å². The van der Waals surface area contributed by atoms with E-state index >= 15 is 0 Å². The number of anilines is 1. The van der Waals surface area contributed by atoms with Gasteiger partial charge in [0, 0.05) is 30.3 Å². The molecular weight excluding hydrogens is 374 g/mol. The number of carbonyl (C=O) groups excluding carboxylic acids is 1. The second-order valence-electron chi connectivity index (χ2n) is 6.03. The summed E-state index contributed by atoms with van der Waals surface area (Å²) in [6.45, 7) is 0.711. The smallest absolute Gasteiger partial charge is 0.282 e. The molecule has 0 radical (unpaired) electrons. The number of para-hydroxylation sites is 1. The lowest BCUT2D eigenvalue weighted by Gasteiger charge is -2.34. The van der Waals surface area contributed by atoms with Gasteiger partial charge in [0.2, 0.25) is 5.91 Å². The maximum Gasteiger partial charge on any atom is 0.282 e. The van der Waals surface area contributed by atoms with Gasteiger partial charge in [-0.1, -0.05) is 48.0 Å². The fourth-order valence-electron chi connectivity index (χ4n) is 2.84. The van der Waals surface area contributed by atoms with E-state index in [2.05, 4.69) is 5.32 Å². The first kappa shape index (κ1) is 18.8. The molecule has 1 aliphatic rings. The fraction of sp³-hybridized carbons (Fsp3) is 0.278. The lowest BCUT2D eigenvalue weighted by molar-refractivity contribution is -0.116. The Balaban J connectivity index is 1.68. The SMILES string of the molecule is O=C(CN1CCCN(Cc2ccccc2Cl)S1(=O)=O)Nc1ccccc1. The molecule has 0 bridgehead atoms. The highest BCUT2D eigenvalue weighted by molar-refractivity contribution is 7.86. The molecule has 1 amide bonds. The van der Waals surface area contributed by atoms with E-state index in [-0.39, 0.29) is 19.0 Å². The third kappa shape index (κ3) is 4.42. The fourth-order valence-corrected chi connectivity index (χ4v) is 4.66. The van der Waals surface area contributed by atoms with Crippen LogP contribution < -0.4 is 5.32 Å². The summed E-state index contributed by atoms with van der Waals surface area (Å²) in [7, 11) is -3.72. The van der Waals surface area contributed by atoms with Gasteiger partial charge in [0.1, 0.15) is 0 Å². The number of halogens is 1. The van der Waals surface area contributed by atoms with Crippen molar-refractivity contribution in [1.82, 2.24) is 8.61 Å². The molecule has 1 fully saturated rings. The molecule has 1 saturated heterocycles. The summed E-state index contributed by atoms with van der Waals surface area (Å²) in [6.07, 6.45) is 0.655. The molecule has 0 spiro atoms.